The molecule has 0 aliphatic carbocycles. The maximum Gasteiger partial charge on any atom is 0.321 e. The molecule has 0 spiro atoms. The maximum atomic E-state index is 11.8. The minimum absolute atomic E-state index is 0.0292. The van der Waals surface area contributed by atoms with Crippen LogP contribution in [-0.2, 0) is 0 Å². The summed E-state index contributed by atoms with van der Waals surface area (Å²) >= 11 is 5.82. The fourth-order valence-electron chi connectivity index (χ4n) is 1.42. The molecule has 0 radical (unpaired) electrons. The van der Waals surface area contributed by atoms with Gasteiger partial charge in [-0.25, -0.2) is 4.98 Å². The highest BCUT2D eigenvalue weighted by Crippen LogP contribution is 2.26. The van der Waals surface area contributed by atoms with Crippen LogP contribution in [0.1, 0.15) is 10.5 Å². The third kappa shape index (κ3) is 2.83. The quantitative estimate of drug-likeness (QED) is 0.456. The molecule has 0 saturated carbocycles. The summed E-state index contributed by atoms with van der Waals surface area (Å²) in [5, 5.41) is 22.3. The van der Waals surface area contributed by atoms with Gasteiger partial charge in [0.05, 0.1) is 10.7 Å². The predicted molar refractivity (Wildman–Crippen MR) is 68.5 cm³/mol. The van der Waals surface area contributed by atoms with E-state index in [0.717, 1.165) is 0 Å². The first-order valence-electron chi connectivity index (χ1n) is 5.10. The number of phenolic OH excluding ortho intramolecular Hbond substituents is 1. The van der Waals surface area contributed by atoms with Gasteiger partial charge in [-0.3, -0.25) is 4.79 Å². The van der Waals surface area contributed by atoms with Gasteiger partial charge in [0.15, 0.2) is 5.69 Å². The van der Waals surface area contributed by atoms with Crippen LogP contribution in [0.5, 0.6) is 5.75 Å². The van der Waals surface area contributed by atoms with E-state index in [9.17, 15) is 20.0 Å². The van der Waals surface area contributed by atoms with Gasteiger partial charge in [0.1, 0.15) is 5.75 Å². The summed E-state index contributed by atoms with van der Waals surface area (Å²) in [7, 11) is 0. The second kappa shape index (κ2) is 4.99. The third-order valence-corrected chi connectivity index (χ3v) is 2.63. The standard InChI is InChI=1S/C11H8ClN3O4/c12-7-5-6(16)1-2-8(7)14-11(17)9-3-4-10(13-9)15(18)19/h1-5,13,16H,(H,14,17). The number of H-pyrrole nitrogens is 1. The second-order valence-electron chi connectivity index (χ2n) is 3.63. The van der Waals surface area contributed by atoms with Crippen molar-refractivity contribution in [3.63, 3.8) is 0 Å². The van der Waals surface area contributed by atoms with E-state index in [1.807, 2.05) is 0 Å². The molecule has 0 aliphatic rings. The summed E-state index contributed by atoms with van der Waals surface area (Å²) in [6.45, 7) is 0. The molecule has 1 aromatic carbocycles. The number of hydrogen-bond donors (Lipinski definition) is 3. The Kier molecular flexibility index (Phi) is 3.39. The van der Waals surface area contributed by atoms with Crippen LogP contribution in [0.4, 0.5) is 11.5 Å². The number of aromatic hydroxyl groups is 1. The molecular weight excluding hydrogens is 274 g/mol. The van der Waals surface area contributed by atoms with E-state index < -0.39 is 10.8 Å². The first-order chi connectivity index (χ1) is 8.97. The fourth-order valence-corrected chi connectivity index (χ4v) is 1.64. The molecule has 3 N–H and O–H groups in total. The van der Waals surface area contributed by atoms with Gasteiger partial charge >= 0.3 is 5.82 Å². The summed E-state index contributed by atoms with van der Waals surface area (Å²) < 4.78 is 0. The molecule has 8 heteroatoms. The summed E-state index contributed by atoms with van der Waals surface area (Å²) in [4.78, 5) is 24.0. The monoisotopic (exact) mass is 281 g/mol. The fraction of sp³-hybridized carbons (Fsp3) is 0. The van der Waals surface area contributed by atoms with Crippen molar-refractivity contribution < 1.29 is 14.8 Å². The predicted octanol–water partition coefficient (Wildman–Crippen LogP) is 2.53. The highest BCUT2D eigenvalue weighted by atomic mass is 35.5. The van der Waals surface area contributed by atoms with Crippen LogP contribution in [0.3, 0.4) is 0 Å². The van der Waals surface area contributed by atoms with Gasteiger partial charge in [0, 0.05) is 12.1 Å². The van der Waals surface area contributed by atoms with E-state index in [1.54, 1.807) is 0 Å². The number of nitrogens with zero attached hydrogens (tertiary/aromatic N) is 1. The van der Waals surface area contributed by atoms with Crippen molar-refractivity contribution >= 4 is 29.0 Å². The zero-order valence-corrected chi connectivity index (χ0v) is 10.1. The number of phenols is 1. The summed E-state index contributed by atoms with van der Waals surface area (Å²) in [5.74, 6) is -0.874. The largest absolute Gasteiger partial charge is 0.508 e. The first-order valence-corrected chi connectivity index (χ1v) is 5.48. The molecule has 0 saturated heterocycles. The van der Waals surface area contributed by atoms with Gasteiger partial charge in [-0.1, -0.05) is 11.6 Å². The molecule has 0 unspecified atom stereocenters. The molecule has 0 fully saturated rings. The van der Waals surface area contributed by atoms with E-state index in [0.29, 0.717) is 5.69 Å². The van der Waals surface area contributed by atoms with Crippen molar-refractivity contribution in [1.29, 1.82) is 0 Å². The van der Waals surface area contributed by atoms with Crippen LogP contribution in [0.15, 0.2) is 30.3 Å². The van der Waals surface area contributed by atoms with Crippen molar-refractivity contribution in [2.24, 2.45) is 0 Å². The Morgan fingerprint density at radius 3 is 2.68 bits per heavy atom. The Morgan fingerprint density at radius 2 is 2.11 bits per heavy atom. The zero-order chi connectivity index (χ0) is 14.0. The molecule has 0 aliphatic heterocycles. The summed E-state index contributed by atoms with van der Waals surface area (Å²) in [6, 6.07) is 6.54. The maximum absolute atomic E-state index is 11.8. The molecule has 98 valence electrons. The lowest BCUT2D eigenvalue weighted by Gasteiger charge is -2.05. The van der Waals surface area contributed by atoms with Gasteiger partial charge in [-0.05, 0) is 23.1 Å². The smallest absolute Gasteiger partial charge is 0.321 e. The minimum atomic E-state index is -0.635. The Balaban J connectivity index is 2.18. The topological polar surface area (TPSA) is 108 Å². The SMILES string of the molecule is O=C(Nc1ccc(O)cc1Cl)c1ccc([N+](=O)[O-])[nH]1. The second-order valence-corrected chi connectivity index (χ2v) is 4.04. The van der Waals surface area contributed by atoms with Gasteiger partial charge < -0.3 is 20.5 Å². The number of halogens is 1. The number of nitro groups is 1. The average molecular weight is 282 g/mol. The summed E-state index contributed by atoms with van der Waals surface area (Å²) in [5.41, 5.74) is 0.331. The van der Waals surface area contributed by atoms with E-state index in [-0.39, 0.29) is 22.3 Å². The third-order valence-electron chi connectivity index (χ3n) is 2.31. The van der Waals surface area contributed by atoms with Crippen molar-refractivity contribution in [2.75, 3.05) is 5.32 Å². The number of carbonyl (C=O) groups excluding carboxylic acids is 1. The van der Waals surface area contributed by atoms with Gasteiger partial charge in [0.25, 0.3) is 5.91 Å². The average Bonchev–Trinajstić information content (AvgIpc) is 2.82. The van der Waals surface area contributed by atoms with E-state index in [2.05, 4.69) is 10.3 Å². The van der Waals surface area contributed by atoms with Crippen LogP contribution in [0, 0.1) is 10.1 Å². The van der Waals surface area contributed by atoms with Crippen LogP contribution in [-0.4, -0.2) is 20.9 Å². The highest BCUT2D eigenvalue weighted by molar-refractivity contribution is 6.34. The van der Waals surface area contributed by atoms with Gasteiger partial charge in [0.2, 0.25) is 0 Å². The number of nitrogens with one attached hydrogen (secondary N) is 2. The number of amides is 1. The van der Waals surface area contributed by atoms with Crippen molar-refractivity contribution in [3.05, 3.63) is 51.2 Å². The van der Waals surface area contributed by atoms with Gasteiger partial charge in [-0.2, -0.15) is 0 Å². The zero-order valence-electron chi connectivity index (χ0n) is 9.38. The number of rotatable bonds is 3. The molecular formula is C11H8ClN3O4. The summed E-state index contributed by atoms with van der Waals surface area (Å²) in [6.07, 6.45) is 0. The molecule has 2 rings (SSSR count). The lowest BCUT2D eigenvalue weighted by Crippen LogP contribution is -2.12. The Labute approximate surface area is 112 Å². The number of anilines is 1. The number of aromatic nitrogens is 1. The van der Waals surface area contributed by atoms with Crippen LogP contribution >= 0.6 is 11.6 Å². The van der Waals surface area contributed by atoms with Crippen molar-refractivity contribution in [1.82, 2.24) is 4.98 Å². The van der Waals surface area contributed by atoms with Crippen LogP contribution in [0.2, 0.25) is 5.02 Å². The van der Waals surface area contributed by atoms with Crippen LogP contribution in [0.25, 0.3) is 0 Å². The molecule has 1 aromatic heterocycles. The van der Waals surface area contributed by atoms with Gasteiger partial charge in [-0.15, -0.1) is 0 Å². The Morgan fingerprint density at radius 1 is 1.37 bits per heavy atom. The molecule has 7 nitrogen and oxygen atoms in total. The molecule has 2 aromatic rings. The van der Waals surface area contributed by atoms with Crippen molar-refractivity contribution in [2.45, 2.75) is 0 Å². The lowest BCUT2D eigenvalue weighted by atomic mass is 10.3. The number of aromatic amines is 1. The van der Waals surface area contributed by atoms with Crippen LogP contribution < -0.4 is 5.32 Å². The van der Waals surface area contributed by atoms with E-state index in [4.69, 9.17) is 11.6 Å². The van der Waals surface area contributed by atoms with E-state index >= 15 is 0 Å². The number of carbonyl (C=O) groups is 1. The lowest BCUT2D eigenvalue weighted by molar-refractivity contribution is -0.389. The first kappa shape index (κ1) is 12.9. The highest BCUT2D eigenvalue weighted by Gasteiger charge is 2.16. The van der Waals surface area contributed by atoms with Crippen molar-refractivity contribution in [3.8, 4) is 5.75 Å². The van der Waals surface area contributed by atoms with E-state index in [1.165, 1.54) is 30.3 Å². The normalized spacial score (nSPS) is 10.2. The molecule has 0 bridgehead atoms. The Bertz CT molecular complexity index is 653. The molecule has 0 atom stereocenters. The number of benzene rings is 1. The number of hydrogen-bond acceptors (Lipinski definition) is 4. The molecule has 19 heavy (non-hydrogen) atoms. The molecule has 1 amide bonds. The Hall–Kier alpha value is -2.54. The molecule has 1 heterocycles. The minimum Gasteiger partial charge on any atom is -0.508 e.